The van der Waals surface area contributed by atoms with Crippen molar-refractivity contribution in [2.45, 2.75) is 34.6 Å². The standard InChI is InChI=1S/C21H24O7/c1-7-27-20(24)16-11(3)9-15(13(5)19(16)23)28-21(25)17-10(2)8-14(26-6)12(4)18(17)22/h8-9,22-23H,7H2,1-6H3. The third kappa shape index (κ3) is 3.74. The van der Waals surface area contributed by atoms with E-state index in [2.05, 4.69) is 0 Å². The molecule has 0 fully saturated rings. The molecule has 0 radical (unpaired) electrons. The molecule has 0 aromatic heterocycles. The molecule has 2 aromatic carbocycles. The average Bonchev–Trinajstić information content (AvgIpc) is 2.62. The summed E-state index contributed by atoms with van der Waals surface area (Å²) in [5.41, 5.74) is 1.53. The number of rotatable bonds is 5. The van der Waals surface area contributed by atoms with Gasteiger partial charge in [-0.3, -0.25) is 0 Å². The zero-order valence-electron chi connectivity index (χ0n) is 16.8. The molecule has 0 aliphatic carbocycles. The van der Waals surface area contributed by atoms with E-state index in [0.717, 1.165) is 0 Å². The van der Waals surface area contributed by atoms with Crippen molar-refractivity contribution < 1.29 is 34.0 Å². The molecule has 0 saturated heterocycles. The van der Waals surface area contributed by atoms with Crippen LogP contribution in [0.4, 0.5) is 0 Å². The quantitative estimate of drug-likeness (QED) is 0.594. The van der Waals surface area contributed by atoms with Crippen molar-refractivity contribution in [2.24, 2.45) is 0 Å². The number of benzene rings is 2. The lowest BCUT2D eigenvalue weighted by molar-refractivity contribution is 0.0522. The van der Waals surface area contributed by atoms with Gasteiger partial charge in [-0.2, -0.15) is 0 Å². The second-order valence-corrected chi connectivity index (χ2v) is 6.39. The van der Waals surface area contributed by atoms with Gasteiger partial charge in [-0.25, -0.2) is 9.59 Å². The molecule has 0 aliphatic rings. The SMILES string of the molecule is CCOC(=O)c1c(C)cc(OC(=O)c2c(C)cc(OC)c(C)c2O)c(C)c1O. The molecule has 0 unspecified atom stereocenters. The van der Waals surface area contributed by atoms with Gasteiger partial charge in [0.15, 0.2) is 0 Å². The number of phenolic OH excluding ortho intramolecular Hbond substituents is 2. The van der Waals surface area contributed by atoms with E-state index >= 15 is 0 Å². The first-order valence-corrected chi connectivity index (χ1v) is 8.73. The molecule has 0 atom stereocenters. The number of methoxy groups -OCH3 is 1. The summed E-state index contributed by atoms with van der Waals surface area (Å²) in [7, 11) is 1.47. The van der Waals surface area contributed by atoms with Crippen molar-refractivity contribution in [1.29, 1.82) is 0 Å². The average molecular weight is 388 g/mol. The van der Waals surface area contributed by atoms with Crippen LogP contribution in [-0.2, 0) is 4.74 Å². The second-order valence-electron chi connectivity index (χ2n) is 6.39. The number of ether oxygens (including phenoxy) is 3. The first kappa shape index (κ1) is 21.1. The molecule has 0 heterocycles. The lowest BCUT2D eigenvalue weighted by atomic mass is 10.0. The van der Waals surface area contributed by atoms with Gasteiger partial charge in [-0.05, 0) is 57.9 Å². The molecular weight excluding hydrogens is 364 g/mol. The van der Waals surface area contributed by atoms with Crippen LogP contribution in [0.25, 0.3) is 0 Å². The molecule has 2 N–H and O–H groups in total. The topological polar surface area (TPSA) is 102 Å². The number of aromatic hydroxyl groups is 2. The summed E-state index contributed by atoms with van der Waals surface area (Å²) in [5.74, 6) is -1.45. The maximum Gasteiger partial charge on any atom is 0.347 e. The summed E-state index contributed by atoms with van der Waals surface area (Å²) in [4.78, 5) is 24.8. The van der Waals surface area contributed by atoms with Crippen molar-refractivity contribution >= 4 is 11.9 Å². The van der Waals surface area contributed by atoms with Gasteiger partial charge in [0, 0.05) is 11.1 Å². The first-order valence-electron chi connectivity index (χ1n) is 8.73. The molecule has 2 aromatic rings. The van der Waals surface area contributed by atoms with Crippen molar-refractivity contribution in [3.05, 3.63) is 45.5 Å². The fraction of sp³-hybridized carbons (Fsp3) is 0.333. The molecule has 0 amide bonds. The van der Waals surface area contributed by atoms with Crippen LogP contribution in [-0.4, -0.2) is 35.9 Å². The molecule has 0 saturated carbocycles. The Morgan fingerprint density at radius 1 is 0.857 bits per heavy atom. The molecule has 0 spiro atoms. The Morgan fingerprint density at radius 3 is 1.82 bits per heavy atom. The largest absolute Gasteiger partial charge is 0.507 e. The molecule has 0 bridgehead atoms. The highest BCUT2D eigenvalue weighted by Gasteiger charge is 2.25. The van der Waals surface area contributed by atoms with Crippen LogP contribution >= 0.6 is 0 Å². The van der Waals surface area contributed by atoms with Crippen LogP contribution in [0.2, 0.25) is 0 Å². The number of esters is 2. The van der Waals surface area contributed by atoms with Crippen LogP contribution < -0.4 is 9.47 Å². The Balaban J connectivity index is 2.46. The van der Waals surface area contributed by atoms with E-state index in [1.54, 1.807) is 33.8 Å². The Kier molecular flexibility index (Phi) is 6.18. The number of carbonyl (C=O) groups excluding carboxylic acids is 2. The van der Waals surface area contributed by atoms with Gasteiger partial charge < -0.3 is 24.4 Å². The van der Waals surface area contributed by atoms with Gasteiger partial charge in [-0.1, -0.05) is 0 Å². The maximum atomic E-state index is 12.7. The molecule has 0 aliphatic heterocycles. The van der Waals surface area contributed by atoms with Crippen molar-refractivity contribution in [3.63, 3.8) is 0 Å². The Morgan fingerprint density at radius 2 is 1.32 bits per heavy atom. The van der Waals surface area contributed by atoms with Gasteiger partial charge in [0.1, 0.15) is 34.1 Å². The van der Waals surface area contributed by atoms with E-state index in [1.165, 1.54) is 20.1 Å². The summed E-state index contributed by atoms with van der Waals surface area (Å²) < 4.78 is 15.6. The summed E-state index contributed by atoms with van der Waals surface area (Å²) in [6, 6.07) is 3.10. The molecule has 7 nitrogen and oxygen atoms in total. The maximum absolute atomic E-state index is 12.7. The van der Waals surface area contributed by atoms with Gasteiger partial charge in [0.05, 0.1) is 13.7 Å². The highest BCUT2D eigenvalue weighted by atomic mass is 16.5. The molecule has 2 rings (SSSR count). The normalized spacial score (nSPS) is 10.5. The lowest BCUT2D eigenvalue weighted by Gasteiger charge is -2.16. The molecular formula is C21H24O7. The highest BCUT2D eigenvalue weighted by molar-refractivity contribution is 5.98. The fourth-order valence-electron chi connectivity index (χ4n) is 2.92. The van der Waals surface area contributed by atoms with Gasteiger partial charge in [0.2, 0.25) is 0 Å². The fourth-order valence-corrected chi connectivity index (χ4v) is 2.92. The number of hydrogen-bond acceptors (Lipinski definition) is 7. The molecule has 150 valence electrons. The summed E-state index contributed by atoms with van der Waals surface area (Å²) in [5, 5.41) is 20.8. The highest BCUT2D eigenvalue weighted by Crippen LogP contribution is 2.37. The molecule has 7 heteroatoms. The third-order valence-electron chi connectivity index (χ3n) is 4.51. The summed E-state index contributed by atoms with van der Waals surface area (Å²) in [6.45, 7) is 8.23. The minimum atomic E-state index is -0.786. The van der Waals surface area contributed by atoms with Crippen LogP contribution in [0.5, 0.6) is 23.0 Å². The summed E-state index contributed by atoms with van der Waals surface area (Å²) >= 11 is 0. The van der Waals surface area contributed by atoms with Crippen molar-refractivity contribution in [1.82, 2.24) is 0 Å². The number of phenols is 2. The van der Waals surface area contributed by atoms with E-state index in [0.29, 0.717) is 22.4 Å². The molecule has 28 heavy (non-hydrogen) atoms. The van der Waals surface area contributed by atoms with Crippen molar-refractivity contribution in [2.75, 3.05) is 13.7 Å². The number of aryl methyl sites for hydroxylation is 2. The Hall–Kier alpha value is -3.22. The van der Waals surface area contributed by atoms with Gasteiger partial charge in [-0.15, -0.1) is 0 Å². The zero-order chi connectivity index (χ0) is 21.2. The van der Waals surface area contributed by atoms with E-state index in [4.69, 9.17) is 14.2 Å². The Bertz CT molecular complexity index is 945. The smallest absolute Gasteiger partial charge is 0.347 e. The van der Waals surface area contributed by atoms with Crippen LogP contribution in [0.1, 0.15) is 49.9 Å². The number of hydrogen-bond donors (Lipinski definition) is 2. The first-order chi connectivity index (χ1) is 13.1. The van der Waals surface area contributed by atoms with E-state index < -0.39 is 11.9 Å². The predicted octanol–water partition coefficient (Wildman–Crippen LogP) is 3.74. The predicted molar refractivity (Wildman–Crippen MR) is 103 cm³/mol. The third-order valence-corrected chi connectivity index (χ3v) is 4.51. The minimum absolute atomic E-state index is 0.00399. The zero-order valence-corrected chi connectivity index (χ0v) is 16.8. The minimum Gasteiger partial charge on any atom is -0.507 e. The van der Waals surface area contributed by atoms with Gasteiger partial charge >= 0.3 is 11.9 Å². The summed E-state index contributed by atoms with van der Waals surface area (Å²) in [6.07, 6.45) is 0. The van der Waals surface area contributed by atoms with Crippen LogP contribution in [0, 0.1) is 27.7 Å². The second kappa shape index (κ2) is 8.21. The van der Waals surface area contributed by atoms with E-state index in [9.17, 15) is 19.8 Å². The van der Waals surface area contributed by atoms with Crippen molar-refractivity contribution in [3.8, 4) is 23.0 Å². The van der Waals surface area contributed by atoms with E-state index in [-0.39, 0.29) is 40.5 Å². The van der Waals surface area contributed by atoms with E-state index in [1.807, 2.05) is 0 Å². The van der Waals surface area contributed by atoms with Gasteiger partial charge in [0.25, 0.3) is 0 Å². The number of carbonyl (C=O) groups is 2. The Labute approximate surface area is 163 Å². The van der Waals surface area contributed by atoms with Crippen LogP contribution in [0.15, 0.2) is 12.1 Å². The van der Waals surface area contributed by atoms with Crippen LogP contribution in [0.3, 0.4) is 0 Å². The lowest BCUT2D eigenvalue weighted by Crippen LogP contribution is -2.14. The monoisotopic (exact) mass is 388 g/mol.